The van der Waals surface area contributed by atoms with Crippen LogP contribution < -0.4 is 10.2 Å². The van der Waals surface area contributed by atoms with Crippen LogP contribution in [0.25, 0.3) is 11.3 Å². The van der Waals surface area contributed by atoms with E-state index in [9.17, 15) is 0 Å². The molecular weight excluding hydrogens is 346 g/mol. The monoisotopic (exact) mass is 377 g/mol. The summed E-state index contributed by atoms with van der Waals surface area (Å²) in [7, 11) is 2.18. The van der Waals surface area contributed by atoms with Crippen molar-refractivity contribution in [3.63, 3.8) is 0 Å². The summed E-state index contributed by atoms with van der Waals surface area (Å²) in [5, 5.41) is 3.49. The molecule has 0 amide bonds. The number of anilines is 2. The topological polar surface area (TPSA) is 44.3 Å². The molecule has 148 valence electrons. The van der Waals surface area contributed by atoms with Crippen LogP contribution in [0.2, 0.25) is 0 Å². The fourth-order valence-corrected chi connectivity index (χ4v) is 3.93. The SMILES string of the molecule is CN1CCN(c2cc(-c3ccccc3)nc(NCCC3=CCCCC3)n2)CC1. The fraction of sp³-hybridized carbons (Fsp3) is 0.478. The molecule has 1 aliphatic carbocycles. The summed E-state index contributed by atoms with van der Waals surface area (Å²) in [5.41, 5.74) is 3.71. The van der Waals surface area contributed by atoms with Gasteiger partial charge in [-0.1, -0.05) is 42.0 Å². The molecule has 0 saturated carbocycles. The summed E-state index contributed by atoms with van der Waals surface area (Å²) in [6.45, 7) is 5.05. The van der Waals surface area contributed by atoms with E-state index in [-0.39, 0.29) is 0 Å². The lowest BCUT2D eigenvalue weighted by Gasteiger charge is -2.33. The van der Waals surface area contributed by atoms with E-state index in [1.807, 2.05) is 6.07 Å². The van der Waals surface area contributed by atoms with E-state index in [1.165, 1.54) is 25.7 Å². The number of hydrogen-bond acceptors (Lipinski definition) is 5. The van der Waals surface area contributed by atoms with E-state index in [0.717, 1.165) is 62.2 Å². The van der Waals surface area contributed by atoms with Gasteiger partial charge >= 0.3 is 0 Å². The Bertz CT molecular complexity index is 794. The minimum Gasteiger partial charge on any atom is -0.354 e. The van der Waals surface area contributed by atoms with Crippen LogP contribution in [0.15, 0.2) is 48.0 Å². The molecule has 0 unspecified atom stereocenters. The van der Waals surface area contributed by atoms with Crippen LogP contribution in [0, 0.1) is 0 Å². The van der Waals surface area contributed by atoms with Crippen molar-refractivity contribution in [1.82, 2.24) is 14.9 Å². The number of aromatic nitrogens is 2. The van der Waals surface area contributed by atoms with Gasteiger partial charge in [-0.15, -0.1) is 0 Å². The fourth-order valence-electron chi connectivity index (χ4n) is 3.93. The molecule has 0 radical (unpaired) electrons. The highest BCUT2D eigenvalue weighted by Crippen LogP contribution is 2.25. The third kappa shape index (κ3) is 4.90. The molecule has 1 aromatic heterocycles. The van der Waals surface area contributed by atoms with Gasteiger partial charge < -0.3 is 15.1 Å². The highest BCUT2D eigenvalue weighted by Gasteiger charge is 2.17. The predicted octanol–water partition coefficient (Wildman–Crippen LogP) is 4.20. The molecule has 0 atom stereocenters. The molecule has 28 heavy (non-hydrogen) atoms. The first-order valence-corrected chi connectivity index (χ1v) is 10.6. The molecule has 2 aromatic rings. The molecule has 5 heteroatoms. The Hall–Kier alpha value is -2.40. The van der Waals surface area contributed by atoms with Crippen molar-refractivity contribution in [2.24, 2.45) is 0 Å². The maximum atomic E-state index is 4.86. The molecule has 1 N–H and O–H groups in total. The lowest BCUT2D eigenvalue weighted by Crippen LogP contribution is -2.44. The van der Waals surface area contributed by atoms with Crippen molar-refractivity contribution in [3.05, 3.63) is 48.0 Å². The Kier molecular flexibility index (Phi) is 6.22. The van der Waals surface area contributed by atoms with Gasteiger partial charge in [-0.2, -0.15) is 4.98 Å². The third-order valence-corrected chi connectivity index (χ3v) is 5.72. The Morgan fingerprint density at radius 2 is 1.82 bits per heavy atom. The molecule has 2 aliphatic rings. The Labute approximate surface area is 168 Å². The van der Waals surface area contributed by atoms with Gasteiger partial charge in [0.1, 0.15) is 5.82 Å². The lowest BCUT2D eigenvalue weighted by molar-refractivity contribution is 0.312. The van der Waals surface area contributed by atoms with Crippen molar-refractivity contribution < 1.29 is 0 Å². The van der Waals surface area contributed by atoms with Crippen LogP contribution in [0.5, 0.6) is 0 Å². The van der Waals surface area contributed by atoms with Crippen molar-refractivity contribution in [2.45, 2.75) is 32.1 Å². The average Bonchev–Trinajstić information content (AvgIpc) is 2.75. The summed E-state index contributed by atoms with van der Waals surface area (Å²) in [6.07, 6.45) is 8.67. The Morgan fingerprint density at radius 1 is 1.00 bits per heavy atom. The maximum absolute atomic E-state index is 4.86. The van der Waals surface area contributed by atoms with E-state index in [4.69, 9.17) is 9.97 Å². The van der Waals surface area contributed by atoms with Crippen molar-refractivity contribution in [2.75, 3.05) is 50.0 Å². The molecule has 1 saturated heterocycles. The first kappa shape index (κ1) is 18.9. The third-order valence-electron chi connectivity index (χ3n) is 5.72. The molecule has 4 rings (SSSR count). The first-order valence-electron chi connectivity index (χ1n) is 10.6. The van der Waals surface area contributed by atoms with Gasteiger partial charge in [-0.25, -0.2) is 4.98 Å². The zero-order valence-electron chi connectivity index (χ0n) is 16.9. The van der Waals surface area contributed by atoms with Crippen LogP contribution in [-0.2, 0) is 0 Å². The van der Waals surface area contributed by atoms with Crippen molar-refractivity contribution >= 4 is 11.8 Å². The Balaban J connectivity index is 1.52. The quantitative estimate of drug-likeness (QED) is 0.765. The van der Waals surface area contributed by atoms with Gasteiger partial charge in [0.2, 0.25) is 5.95 Å². The molecule has 1 fully saturated rings. The molecular formula is C23H31N5. The highest BCUT2D eigenvalue weighted by molar-refractivity contribution is 5.64. The summed E-state index contributed by atoms with van der Waals surface area (Å²) >= 11 is 0. The summed E-state index contributed by atoms with van der Waals surface area (Å²) < 4.78 is 0. The zero-order chi connectivity index (χ0) is 19.2. The molecule has 1 aliphatic heterocycles. The number of rotatable bonds is 6. The second kappa shape index (κ2) is 9.20. The number of benzene rings is 1. The molecule has 0 spiro atoms. The van der Waals surface area contributed by atoms with E-state index >= 15 is 0 Å². The molecule has 0 bridgehead atoms. The van der Waals surface area contributed by atoms with Gasteiger partial charge in [0.05, 0.1) is 5.69 Å². The highest BCUT2D eigenvalue weighted by atomic mass is 15.3. The van der Waals surface area contributed by atoms with Gasteiger partial charge in [-0.05, 0) is 39.2 Å². The van der Waals surface area contributed by atoms with E-state index < -0.39 is 0 Å². The van der Waals surface area contributed by atoms with Crippen molar-refractivity contribution in [3.8, 4) is 11.3 Å². The number of nitrogens with one attached hydrogen (secondary N) is 1. The van der Waals surface area contributed by atoms with Crippen LogP contribution in [0.1, 0.15) is 32.1 Å². The summed E-state index contributed by atoms with van der Waals surface area (Å²) in [6, 6.07) is 12.5. The lowest BCUT2D eigenvalue weighted by atomic mass is 9.97. The van der Waals surface area contributed by atoms with E-state index in [1.54, 1.807) is 5.57 Å². The van der Waals surface area contributed by atoms with Gasteiger partial charge in [-0.3, -0.25) is 0 Å². The van der Waals surface area contributed by atoms with Crippen LogP contribution in [0.3, 0.4) is 0 Å². The maximum Gasteiger partial charge on any atom is 0.225 e. The van der Waals surface area contributed by atoms with Crippen LogP contribution >= 0.6 is 0 Å². The van der Waals surface area contributed by atoms with Gasteiger partial charge in [0.15, 0.2) is 0 Å². The number of piperazine rings is 1. The first-order chi connectivity index (χ1) is 13.8. The van der Waals surface area contributed by atoms with Crippen LogP contribution in [0.4, 0.5) is 11.8 Å². The summed E-state index contributed by atoms with van der Waals surface area (Å²) in [4.78, 5) is 14.4. The van der Waals surface area contributed by atoms with Crippen LogP contribution in [-0.4, -0.2) is 54.6 Å². The number of hydrogen-bond donors (Lipinski definition) is 1. The second-order valence-electron chi connectivity index (χ2n) is 7.88. The van der Waals surface area contributed by atoms with E-state index in [0.29, 0.717) is 0 Å². The summed E-state index contributed by atoms with van der Waals surface area (Å²) in [5.74, 6) is 1.77. The normalized spacial score (nSPS) is 18.0. The van der Waals surface area contributed by atoms with Crippen molar-refractivity contribution in [1.29, 1.82) is 0 Å². The van der Waals surface area contributed by atoms with Gasteiger partial charge in [0, 0.05) is 44.4 Å². The largest absolute Gasteiger partial charge is 0.354 e. The predicted molar refractivity (Wildman–Crippen MR) is 117 cm³/mol. The number of nitrogens with zero attached hydrogens (tertiary/aromatic N) is 4. The minimum absolute atomic E-state index is 0.742. The Morgan fingerprint density at radius 3 is 2.57 bits per heavy atom. The average molecular weight is 378 g/mol. The molecule has 2 heterocycles. The minimum atomic E-state index is 0.742. The number of likely N-dealkylation sites (N-methyl/N-ethyl adjacent to an activating group) is 1. The standard InChI is InChI=1S/C23H31N5/c1-27-14-16-28(17-15-27)22-18-21(20-10-6-3-7-11-20)25-23(26-22)24-13-12-19-8-4-2-5-9-19/h3,6-8,10-11,18H,2,4-5,9,12-17H2,1H3,(H,24,25,26). The zero-order valence-corrected chi connectivity index (χ0v) is 16.9. The number of allylic oxidation sites excluding steroid dienone is 1. The second-order valence-corrected chi connectivity index (χ2v) is 7.88. The smallest absolute Gasteiger partial charge is 0.225 e. The molecule has 1 aromatic carbocycles. The molecule has 5 nitrogen and oxygen atoms in total. The van der Waals surface area contributed by atoms with E-state index in [2.05, 4.69) is 58.6 Å². The van der Waals surface area contributed by atoms with Gasteiger partial charge in [0.25, 0.3) is 0 Å².